The van der Waals surface area contributed by atoms with Crippen molar-refractivity contribution < 1.29 is 23.7 Å². The third-order valence-corrected chi connectivity index (χ3v) is 2.99. The summed E-state index contributed by atoms with van der Waals surface area (Å²) < 4.78 is 21.1. The number of carbonyl (C=O) groups is 1. The van der Waals surface area contributed by atoms with Gasteiger partial charge in [-0.3, -0.25) is 4.79 Å². The van der Waals surface area contributed by atoms with Gasteiger partial charge >= 0.3 is 0 Å². The molecule has 0 bridgehead atoms. The monoisotopic (exact) mass is 266 g/mol. The van der Waals surface area contributed by atoms with E-state index in [-0.39, 0.29) is 11.9 Å². The lowest BCUT2D eigenvalue weighted by molar-refractivity contribution is -0.156. The molecule has 0 heterocycles. The number of Topliss-reactive ketones (excluding diaryl/α,β-unsaturated/α-hetero) is 1. The van der Waals surface area contributed by atoms with Crippen LogP contribution in [0.5, 0.6) is 11.5 Å². The summed E-state index contributed by atoms with van der Waals surface area (Å²) in [5.41, 5.74) is 0. The van der Waals surface area contributed by atoms with E-state index >= 15 is 0 Å². The molecule has 1 saturated carbocycles. The minimum atomic E-state index is -0.475. The summed E-state index contributed by atoms with van der Waals surface area (Å²) >= 11 is 0. The van der Waals surface area contributed by atoms with E-state index in [0.717, 1.165) is 5.75 Å². The summed E-state index contributed by atoms with van der Waals surface area (Å²) in [4.78, 5) is 11.5. The van der Waals surface area contributed by atoms with E-state index in [4.69, 9.17) is 18.9 Å². The topological polar surface area (TPSA) is 54.0 Å². The van der Waals surface area contributed by atoms with Crippen LogP contribution in [-0.2, 0) is 14.3 Å². The zero-order chi connectivity index (χ0) is 13.7. The molecular weight excluding hydrogens is 248 g/mol. The van der Waals surface area contributed by atoms with Crippen molar-refractivity contribution in [3.63, 3.8) is 0 Å². The fourth-order valence-corrected chi connectivity index (χ4v) is 1.86. The lowest BCUT2D eigenvalue weighted by Crippen LogP contribution is -2.52. The molecule has 0 aromatic heterocycles. The smallest absolute Gasteiger partial charge is 0.169 e. The number of rotatable bonds is 7. The van der Waals surface area contributed by atoms with Crippen molar-refractivity contribution in [2.24, 2.45) is 0 Å². The first-order valence-electron chi connectivity index (χ1n) is 6.18. The molecule has 2 unspecified atom stereocenters. The van der Waals surface area contributed by atoms with Crippen LogP contribution >= 0.6 is 0 Å². The minimum Gasteiger partial charge on any atom is -0.497 e. The van der Waals surface area contributed by atoms with Gasteiger partial charge in [-0.1, -0.05) is 0 Å². The number of hydrogen-bond acceptors (Lipinski definition) is 5. The molecule has 0 saturated heterocycles. The Morgan fingerprint density at radius 1 is 1.11 bits per heavy atom. The number of methoxy groups -OCH3 is 2. The van der Waals surface area contributed by atoms with Crippen LogP contribution in [0.15, 0.2) is 24.3 Å². The van der Waals surface area contributed by atoms with E-state index in [1.54, 1.807) is 14.2 Å². The van der Waals surface area contributed by atoms with Gasteiger partial charge in [-0.2, -0.15) is 0 Å². The molecule has 0 radical (unpaired) electrons. The van der Waals surface area contributed by atoms with E-state index < -0.39 is 6.10 Å². The van der Waals surface area contributed by atoms with E-state index in [1.807, 2.05) is 24.3 Å². The van der Waals surface area contributed by atoms with Crippen LogP contribution in [0.4, 0.5) is 0 Å². The lowest BCUT2D eigenvalue weighted by atomic mass is 9.90. The van der Waals surface area contributed by atoms with Crippen molar-refractivity contribution in [2.45, 2.75) is 18.6 Å². The van der Waals surface area contributed by atoms with Gasteiger partial charge in [0.05, 0.1) is 20.3 Å². The van der Waals surface area contributed by atoms with Crippen molar-refractivity contribution >= 4 is 5.78 Å². The number of ketones is 1. The second kappa shape index (κ2) is 6.54. The SMILES string of the molecule is COCCOC1C(=O)CC1Oc1ccc(OC)cc1. The maximum atomic E-state index is 11.5. The zero-order valence-electron chi connectivity index (χ0n) is 11.1. The summed E-state index contributed by atoms with van der Waals surface area (Å²) in [7, 11) is 3.21. The zero-order valence-corrected chi connectivity index (χ0v) is 11.1. The normalized spacial score (nSPS) is 21.9. The first kappa shape index (κ1) is 13.8. The quantitative estimate of drug-likeness (QED) is 0.699. The fraction of sp³-hybridized carbons (Fsp3) is 0.500. The van der Waals surface area contributed by atoms with Crippen LogP contribution in [0.2, 0.25) is 0 Å². The molecule has 5 heteroatoms. The van der Waals surface area contributed by atoms with Crippen molar-refractivity contribution in [1.29, 1.82) is 0 Å². The van der Waals surface area contributed by atoms with Crippen molar-refractivity contribution in [1.82, 2.24) is 0 Å². The Hall–Kier alpha value is -1.59. The molecule has 2 rings (SSSR count). The van der Waals surface area contributed by atoms with Gasteiger partial charge in [0.25, 0.3) is 0 Å². The molecular formula is C14H18O5. The van der Waals surface area contributed by atoms with Gasteiger partial charge in [-0.25, -0.2) is 0 Å². The largest absolute Gasteiger partial charge is 0.497 e. The second-order valence-corrected chi connectivity index (χ2v) is 4.29. The maximum absolute atomic E-state index is 11.5. The van der Waals surface area contributed by atoms with E-state index in [1.165, 1.54) is 0 Å². The molecule has 1 aliphatic carbocycles. The number of ether oxygens (including phenoxy) is 4. The van der Waals surface area contributed by atoms with Gasteiger partial charge in [0.1, 0.15) is 17.6 Å². The molecule has 19 heavy (non-hydrogen) atoms. The van der Waals surface area contributed by atoms with Crippen LogP contribution < -0.4 is 9.47 Å². The number of carbonyl (C=O) groups excluding carboxylic acids is 1. The first-order valence-corrected chi connectivity index (χ1v) is 6.18. The van der Waals surface area contributed by atoms with Crippen LogP contribution in [0, 0.1) is 0 Å². The second-order valence-electron chi connectivity index (χ2n) is 4.29. The average molecular weight is 266 g/mol. The summed E-state index contributed by atoms with van der Waals surface area (Å²) in [6, 6.07) is 7.26. The van der Waals surface area contributed by atoms with Crippen LogP contribution in [-0.4, -0.2) is 45.4 Å². The molecule has 5 nitrogen and oxygen atoms in total. The van der Waals surface area contributed by atoms with E-state index in [0.29, 0.717) is 25.4 Å². The van der Waals surface area contributed by atoms with E-state index in [9.17, 15) is 4.79 Å². The minimum absolute atomic E-state index is 0.0783. The fourth-order valence-electron chi connectivity index (χ4n) is 1.86. The maximum Gasteiger partial charge on any atom is 0.169 e. The molecule has 0 amide bonds. The van der Waals surface area contributed by atoms with Gasteiger partial charge in [-0.05, 0) is 24.3 Å². The third kappa shape index (κ3) is 3.45. The third-order valence-electron chi connectivity index (χ3n) is 2.99. The first-order chi connectivity index (χ1) is 9.24. The van der Waals surface area contributed by atoms with Gasteiger partial charge < -0.3 is 18.9 Å². The Morgan fingerprint density at radius 2 is 1.79 bits per heavy atom. The highest BCUT2D eigenvalue weighted by Crippen LogP contribution is 2.26. The van der Waals surface area contributed by atoms with Crippen molar-refractivity contribution in [2.75, 3.05) is 27.4 Å². The van der Waals surface area contributed by atoms with Gasteiger partial charge in [0.15, 0.2) is 11.9 Å². The molecule has 0 spiro atoms. The summed E-state index contributed by atoms with van der Waals surface area (Å²) in [6.45, 7) is 0.869. The summed E-state index contributed by atoms with van der Waals surface area (Å²) in [5, 5.41) is 0. The van der Waals surface area contributed by atoms with Gasteiger partial charge in [0, 0.05) is 13.5 Å². The molecule has 0 aliphatic heterocycles. The van der Waals surface area contributed by atoms with Crippen molar-refractivity contribution in [3.8, 4) is 11.5 Å². The van der Waals surface area contributed by atoms with Gasteiger partial charge in [-0.15, -0.1) is 0 Å². The number of hydrogen-bond donors (Lipinski definition) is 0. The molecule has 1 fully saturated rings. The van der Waals surface area contributed by atoms with Crippen LogP contribution in [0.1, 0.15) is 6.42 Å². The standard InChI is InChI=1S/C14H18O5/c1-16-7-8-18-14-12(15)9-13(14)19-11-5-3-10(17-2)4-6-11/h3-6,13-14H,7-9H2,1-2H3. The van der Waals surface area contributed by atoms with Gasteiger partial charge in [0.2, 0.25) is 0 Å². The molecule has 1 aromatic carbocycles. The highest BCUT2D eigenvalue weighted by atomic mass is 16.6. The molecule has 0 N–H and O–H groups in total. The lowest BCUT2D eigenvalue weighted by Gasteiger charge is -2.34. The Kier molecular flexibility index (Phi) is 4.76. The highest BCUT2D eigenvalue weighted by molar-refractivity contribution is 5.90. The molecule has 104 valence electrons. The Labute approximate surface area is 112 Å². The number of benzene rings is 1. The Morgan fingerprint density at radius 3 is 2.37 bits per heavy atom. The summed E-state index contributed by atoms with van der Waals surface area (Å²) in [6.07, 6.45) is -0.293. The molecule has 2 atom stereocenters. The van der Waals surface area contributed by atoms with E-state index in [2.05, 4.69) is 0 Å². The molecule has 1 aromatic rings. The Balaban J connectivity index is 1.85. The predicted molar refractivity (Wildman–Crippen MR) is 68.7 cm³/mol. The summed E-state index contributed by atoms with van der Waals surface area (Å²) in [5.74, 6) is 1.55. The molecule has 1 aliphatic rings. The predicted octanol–water partition coefficient (Wildman–Crippen LogP) is 1.45. The van der Waals surface area contributed by atoms with Crippen LogP contribution in [0.3, 0.4) is 0 Å². The van der Waals surface area contributed by atoms with Crippen LogP contribution in [0.25, 0.3) is 0 Å². The Bertz CT molecular complexity index is 414. The highest BCUT2D eigenvalue weighted by Gasteiger charge is 2.42. The van der Waals surface area contributed by atoms with Crippen molar-refractivity contribution in [3.05, 3.63) is 24.3 Å². The average Bonchev–Trinajstić information content (AvgIpc) is 2.44.